The van der Waals surface area contributed by atoms with Crippen molar-refractivity contribution in [3.63, 3.8) is 0 Å². The van der Waals surface area contributed by atoms with Gasteiger partial charge in [-0.2, -0.15) is 13.2 Å². The van der Waals surface area contributed by atoms with Crippen LogP contribution in [-0.4, -0.2) is 25.9 Å². The third-order valence-electron chi connectivity index (χ3n) is 3.59. The van der Waals surface area contributed by atoms with Crippen LogP contribution < -0.4 is 5.32 Å². The molecular weight excluding hydrogens is 255 g/mol. The van der Waals surface area contributed by atoms with Gasteiger partial charge in [-0.25, -0.2) is 0 Å². The van der Waals surface area contributed by atoms with E-state index in [4.69, 9.17) is 4.74 Å². The molecule has 0 aliphatic heterocycles. The normalized spacial score (nSPS) is 27.1. The van der Waals surface area contributed by atoms with Crippen molar-refractivity contribution in [1.29, 1.82) is 0 Å². The van der Waals surface area contributed by atoms with Crippen molar-refractivity contribution >= 4 is 0 Å². The second-order valence-corrected chi connectivity index (χ2v) is 5.00. The Bertz CT molecular complexity index is 433. The molecule has 1 N–H and O–H groups in total. The van der Waals surface area contributed by atoms with Crippen LogP contribution >= 0.6 is 0 Å². The van der Waals surface area contributed by atoms with E-state index >= 15 is 0 Å². The molecule has 0 radical (unpaired) electrons. The van der Waals surface area contributed by atoms with Gasteiger partial charge >= 0.3 is 6.18 Å². The number of likely N-dealkylation sites (N-methyl/N-ethyl adjacent to an activating group) is 1. The Labute approximate surface area is 111 Å². The first-order valence-electron chi connectivity index (χ1n) is 6.37. The van der Waals surface area contributed by atoms with Crippen LogP contribution in [0.25, 0.3) is 0 Å². The minimum Gasteiger partial charge on any atom is -0.367 e. The highest BCUT2D eigenvalue weighted by Gasteiger charge is 2.36. The fourth-order valence-corrected chi connectivity index (χ4v) is 2.76. The second-order valence-electron chi connectivity index (χ2n) is 5.00. The molecule has 1 aliphatic rings. The topological polar surface area (TPSA) is 21.3 Å². The van der Waals surface area contributed by atoms with E-state index in [2.05, 4.69) is 5.32 Å². The van der Waals surface area contributed by atoms with E-state index in [-0.39, 0.29) is 12.0 Å². The number of hydrogen-bond acceptors (Lipinski definition) is 2. The highest BCUT2D eigenvalue weighted by Crippen LogP contribution is 2.39. The zero-order valence-corrected chi connectivity index (χ0v) is 11.0. The quantitative estimate of drug-likeness (QED) is 0.911. The van der Waals surface area contributed by atoms with Crippen LogP contribution in [0.4, 0.5) is 13.2 Å². The highest BCUT2D eigenvalue weighted by atomic mass is 19.4. The van der Waals surface area contributed by atoms with Gasteiger partial charge in [0.2, 0.25) is 0 Å². The van der Waals surface area contributed by atoms with E-state index < -0.39 is 18.9 Å². The summed E-state index contributed by atoms with van der Waals surface area (Å²) in [6.07, 6.45) is -4.13. The van der Waals surface area contributed by atoms with Gasteiger partial charge in [0, 0.05) is 0 Å². The van der Waals surface area contributed by atoms with Crippen LogP contribution in [-0.2, 0) is 4.74 Å². The molecule has 0 spiro atoms. The predicted octanol–water partition coefficient (Wildman–Crippen LogP) is 3.40. The number of hydrogen-bond donors (Lipinski definition) is 1. The van der Waals surface area contributed by atoms with E-state index in [0.717, 1.165) is 5.56 Å². The fourth-order valence-electron chi connectivity index (χ4n) is 2.76. The van der Waals surface area contributed by atoms with Gasteiger partial charge in [-0.15, -0.1) is 0 Å². The van der Waals surface area contributed by atoms with Gasteiger partial charge in [0.15, 0.2) is 0 Å². The summed E-state index contributed by atoms with van der Waals surface area (Å²) in [5.74, 6) is 0.207. The summed E-state index contributed by atoms with van der Waals surface area (Å²) in [4.78, 5) is 0. The molecular formula is C14H18F3NO. The molecule has 0 bridgehead atoms. The molecule has 2 rings (SSSR count). The summed E-state index contributed by atoms with van der Waals surface area (Å²) in [6, 6.07) is 7.66. The molecule has 0 saturated carbocycles. The number of nitrogens with one attached hydrogen (secondary N) is 1. The minimum atomic E-state index is -4.28. The minimum absolute atomic E-state index is 0.185. The molecule has 1 aliphatic carbocycles. The molecule has 2 nitrogen and oxygen atoms in total. The lowest BCUT2D eigenvalue weighted by Crippen LogP contribution is -2.38. The Morgan fingerprint density at radius 1 is 1.26 bits per heavy atom. The molecule has 5 heteroatoms. The first-order chi connectivity index (χ1) is 8.92. The lowest BCUT2D eigenvalue weighted by atomic mass is 9.79. The maximum absolute atomic E-state index is 12.3. The first-order valence-corrected chi connectivity index (χ1v) is 6.37. The van der Waals surface area contributed by atoms with Crippen LogP contribution in [0.3, 0.4) is 0 Å². The summed E-state index contributed by atoms with van der Waals surface area (Å²) in [7, 11) is 1.75. The van der Waals surface area contributed by atoms with Gasteiger partial charge in [0.25, 0.3) is 0 Å². The SMILES string of the molecule is CNC1c2ccccc2C(C)CC1OCC(F)(F)F. The lowest BCUT2D eigenvalue weighted by Gasteiger charge is -2.36. The van der Waals surface area contributed by atoms with Gasteiger partial charge in [0.1, 0.15) is 6.61 Å². The Hall–Kier alpha value is -1.07. The molecule has 0 saturated heterocycles. The van der Waals surface area contributed by atoms with Gasteiger partial charge in [-0.05, 0) is 30.5 Å². The van der Waals surface area contributed by atoms with E-state index in [0.29, 0.717) is 6.42 Å². The highest BCUT2D eigenvalue weighted by molar-refractivity contribution is 5.36. The summed E-state index contributed by atoms with van der Waals surface area (Å²) in [5.41, 5.74) is 2.23. The molecule has 19 heavy (non-hydrogen) atoms. The van der Waals surface area contributed by atoms with Crippen molar-refractivity contribution in [3.05, 3.63) is 35.4 Å². The number of benzene rings is 1. The zero-order valence-electron chi connectivity index (χ0n) is 11.0. The molecule has 106 valence electrons. The number of rotatable bonds is 3. The summed E-state index contributed by atoms with van der Waals surface area (Å²) in [6.45, 7) is 0.833. The van der Waals surface area contributed by atoms with Crippen molar-refractivity contribution < 1.29 is 17.9 Å². The van der Waals surface area contributed by atoms with E-state index in [9.17, 15) is 13.2 Å². The molecule has 0 aromatic heterocycles. The molecule has 1 aromatic rings. The smallest absolute Gasteiger partial charge is 0.367 e. The van der Waals surface area contributed by atoms with E-state index in [1.165, 1.54) is 5.56 Å². The third kappa shape index (κ3) is 3.28. The maximum Gasteiger partial charge on any atom is 0.411 e. The summed E-state index contributed by atoms with van der Waals surface area (Å²) in [5, 5.41) is 3.07. The monoisotopic (exact) mass is 273 g/mol. The number of halogens is 3. The first kappa shape index (κ1) is 14.3. The molecule has 1 aromatic carbocycles. The molecule has 3 atom stereocenters. The molecule has 0 heterocycles. The van der Waals surface area contributed by atoms with Crippen molar-refractivity contribution in [2.24, 2.45) is 0 Å². The number of ether oxygens (including phenoxy) is 1. The van der Waals surface area contributed by atoms with Crippen LogP contribution in [0.2, 0.25) is 0 Å². The third-order valence-corrected chi connectivity index (χ3v) is 3.59. The van der Waals surface area contributed by atoms with Gasteiger partial charge in [0.05, 0.1) is 12.1 Å². The van der Waals surface area contributed by atoms with Gasteiger partial charge in [-0.1, -0.05) is 31.2 Å². The molecule has 0 amide bonds. The van der Waals surface area contributed by atoms with Gasteiger partial charge in [-0.3, -0.25) is 0 Å². The number of alkyl halides is 3. The summed E-state index contributed by atoms with van der Waals surface area (Å²) < 4.78 is 42.0. The van der Waals surface area contributed by atoms with E-state index in [1.54, 1.807) is 7.05 Å². The fraction of sp³-hybridized carbons (Fsp3) is 0.571. The second kappa shape index (κ2) is 5.51. The largest absolute Gasteiger partial charge is 0.411 e. The summed E-state index contributed by atoms with van der Waals surface area (Å²) >= 11 is 0. The maximum atomic E-state index is 12.3. The predicted molar refractivity (Wildman–Crippen MR) is 67.1 cm³/mol. The number of fused-ring (bicyclic) bond motifs is 1. The van der Waals surface area contributed by atoms with Crippen molar-refractivity contribution in [2.45, 2.75) is 37.6 Å². The zero-order chi connectivity index (χ0) is 14.0. The van der Waals surface area contributed by atoms with Crippen molar-refractivity contribution in [2.75, 3.05) is 13.7 Å². The Morgan fingerprint density at radius 3 is 2.47 bits per heavy atom. The van der Waals surface area contributed by atoms with Crippen molar-refractivity contribution in [3.8, 4) is 0 Å². The van der Waals surface area contributed by atoms with Crippen LogP contribution in [0.1, 0.15) is 36.4 Å². The van der Waals surface area contributed by atoms with Crippen LogP contribution in [0.15, 0.2) is 24.3 Å². The molecule has 0 fully saturated rings. The van der Waals surface area contributed by atoms with E-state index in [1.807, 2.05) is 31.2 Å². The average Bonchev–Trinajstić information content (AvgIpc) is 2.36. The Morgan fingerprint density at radius 2 is 1.89 bits per heavy atom. The van der Waals surface area contributed by atoms with Crippen LogP contribution in [0, 0.1) is 0 Å². The average molecular weight is 273 g/mol. The molecule has 3 unspecified atom stereocenters. The van der Waals surface area contributed by atoms with Crippen molar-refractivity contribution in [1.82, 2.24) is 5.32 Å². The Balaban J connectivity index is 2.19. The van der Waals surface area contributed by atoms with Gasteiger partial charge < -0.3 is 10.1 Å². The Kier molecular flexibility index (Phi) is 4.16. The standard InChI is InChI=1S/C14H18F3NO/c1-9-7-12(19-8-14(15,16)17)13(18-2)11-6-4-3-5-10(9)11/h3-6,9,12-13,18H,7-8H2,1-2H3. The lowest BCUT2D eigenvalue weighted by molar-refractivity contribution is -0.190. The van der Waals surface area contributed by atoms with Crippen LogP contribution in [0.5, 0.6) is 0 Å².